The first kappa shape index (κ1) is 25.2. The van der Waals surface area contributed by atoms with E-state index in [-0.39, 0.29) is 17.1 Å². The maximum atomic E-state index is 13.3. The number of amides is 1. The molecule has 0 saturated carbocycles. The fourth-order valence-electron chi connectivity index (χ4n) is 4.11. The molecule has 1 N–H and O–H groups in total. The second kappa shape index (κ2) is 10.8. The van der Waals surface area contributed by atoms with Crippen LogP contribution >= 0.6 is 0 Å². The number of aliphatic hydroxyl groups excluding tert-OH is 1. The number of ether oxygens (including phenoxy) is 2. The molecule has 1 atom stereocenters. The van der Waals surface area contributed by atoms with E-state index >= 15 is 0 Å². The van der Waals surface area contributed by atoms with Crippen molar-refractivity contribution in [1.82, 2.24) is 0 Å². The van der Waals surface area contributed by atoms with Crippen LogP contribution in [0.2, 0.25) is 0 Å². The van der Waals surface area contributed by atoms with Gasteiger partial charge in [-0.15, -0.1) is 0 Å². The molecule has 1 saturated heterocycles. The number of aliphatic hydroxyl groups is 1. The van der Waals surface area contributed by atoms with Gasteiger partial charge in [-0.1, -0.05) is 19.1 Å². The smallest absolute Gasteiger partial charge is 0.308 e. The molecule has 1 aliphatic rings. The molecule has 1 amide bonds. The zero-order valence-electron chi connectivity index (χ0n) is 20.3. The molecule has 8 nitrogen and oxygen atoms in total. The Hall–Kier alpha value is -4.90. The minimum Gasteiger partial charge on any atom is -0.507 e. The number of hydrogen-bond donors (Lipinski definition) is 1. The SMILES string of the molecule is CCCOc1ccc(/C(O)=C2/C(=O)C(=O)N(c3ccc(C#N)cc3)C2c2cccc(OC(C)=O)c2)cc1. The third kappa shape index (κ3) is 5.21. The van der Waals surface area contributed by atoms with Gasteiger partial charge in [-0.05, 0) is 72.6 Å². The number of nitriles is 1. The molecule has 186 valence electrons. The van der Waals surface area contributed by atoms with E-state index in [1.807, 2.05) is 13.0 Å². The maximum absolute atomic E-state index is 13.3. The van der Waals surface area contributed by atoms with Crippen LogP contribution in [-0.2, 0) is 14.4 Å². The zero-order chi connectivity index (χ0) is 26.5. The van der Waals surface area contributed by atoms with Gasteiger partial charge in [0.25, 0.3) is 11.7 Å². The fourth-order valence-corrected chi connectivity index (χ4v) is 4.11. The Bertz CT molecular complexity index is 1420. The molecule has 0 aromatic heterocycles. The van der Waals surface area contributed by atoms with E-state index in [0.29, 0.717) is 34.7 Å². The van der Waals surface area contributed by atoms with Gasteiger partial charge in [0, 0.05) is 18.2 Å². The molecule has 0 spiro atoms. The highest BCUT2D eigenvalue weighted by Crippen LogP contribution is 2.43. The van der Waals surface area contributed by atoms with Crippen LogP contribution in [0.15, 0.2) is 78.4 Å². The minimum atomic E-state index is -1.01. The molecule has 8 heteroatoms. The minimum absolute atomic E-state index is 0.114. The number of nitrogens with zero attached hydrogens (tertiary/aromatic N) is 2. The largest absolute Gasteiger partial charge is 0.507 e. The van der Waals surface area contributed by atoms with Crippen LogP contribution in [-0.4, -0.2) is 29.4 Å². The Kier molecular flexibility index (Phi) is 7.35. The van der Waals surface area contributed by atoms with Gasteiger partial charge in [-0.2, -0.15) is 5.26 Å². The first-order valence-corrected chi connectivity index (χ1v) is 11.7. The fraction of sp³-hybridized carbons (Fsp3) is 0.172. The van der Waals surface area contributed by atoms with Crippen LogP contribution in [0.1, 0.15) is 43.0 Å². The van der Waals surface area contributed by atoms with E-state index in [9.17, 15) is 19.5 Å². The highest BCUT2D eigenvalue weighted by atomic mass is 16.5. The third-order valence-corrected chi connectivity index (χ3v) is 5.76. The summed E-state index contributed by atoms with van der Waals surface area (Å²) < 4.78 is 10.8. The number of carbonyl (C=O) groups excluding carboxylic acids is 3. The molecule has 3 aromatic rings. The van der Waals surface area contributed by atoms with Crippen LogP contribution in [0.25, 0.3) is 5.76 Å². The molecule has 0 radical (unpaired) electrons. The summed E-state index contributed by atoms with van der Waals surface area (Å²) >= 11 is 0. The Labute approximate surface area is 214 Å². The van der Waals surface area contributed by atoms with Crippen LogP contribution in [0.5, 0.6) is 11.5 Å². The van der Waals surface area contributed by atoms with E-state index in [1.165, 1.54) is 24.0 Å². The molecule has 0 aliphatic carbocycles. The van der Waals surface area contributed by atoms with Crippen molar-refractivity contribution in [2.75, 3.05) is 11.5 Å². The first-order chi connectivity index (χ1) is 17.8. The molecule has 1 heterocycles. The molecule has 1 fully saturated rings. The highest BCUT2D eigenvalue weighted by Gasteiger charge is 2.47. The summed E-state index contributed by atoms with van der Waals surface area (Å²) in [4.78, 5) is 39.4. The number of ketones is 1. The summed E-state index contributed by atoms with van der Waals surface area (Å²) in [6, 6.07) is 20.2. The maximum Gasteiger partial charge on any atom is 0.308 e. The van der Waals surface area contributed by atoms with E-state index < -0.39 is 23.7 Å². The van der Waals surface area contributed by atoms with E-state index in [2.05, 4.69) is 0 Å². The molecular formula is C29H24N2O6. The van der Waals surface area contributed by atoms with Gasteiger partial charge in [0.1, 0.15) is 17.3 Å². The number of benzene rings is 3. The predicted molar refractivity (Wildman–Crippen MR) is 136 cm³/mol. The number of rotatable bonds is 7. The molecule has 3 aromatic carbocycles. The van der Waals surface area contributed by atoms with Crippen molar-refractivity contribution in [2.45, 2.75) is 26.3 Å². The molecule has 0 bridgehead atoms. The molecule has 37 heavy (non-hydrogen) atoms. The summed E-state index contributed by atoms with van der Waals surface area (Å²) in [5.74, 6) is -1.73. The van der Waals surface area contributed by atoms with Crippen molar-refractivity contribution in [3.63, 3.8) is 0 Å². The monoisotopic (exact) mass is 496 g/mol. The lowest BCUT2D eigenvalue weighted by Crippen LogP contribution is -2.29. The lowest BCUT2D eigenvalue weighted by molar-refractivity contribution is -0.132. The van der Waals surface area contributed by atoms with Gasteiger partial charge in [0.2, 0.25) is 0 Å². The Morgan fingerprint density at radius 3 is 2.35 bits per heavy atom. The van der Waals surface area contributed by atoms with Crippen LogP contribution in [0.3, 0.4) is 0 Å². The first-order valence-electron chi connectivity index (χ1n) is 11.7. The third-order valence-electron chi connectivity index (χ3n) is 5.76. The van der Waals surface area contributed by atoms with E-state index in [4.69, 9.17) is 14.7 Å². The molecule has 1 aliphatic heterocycles. The average molecular weight is 497 g/mol. The highest BCUT2D eigenvalue weighted by molar-refractivity contribution is 6.51. The van der Waals surface area contributed by atoms with Crippen molar-refractivity contribution >= 4 is 29.1 Å². The summed E-state index contributed by atoms with van der Waals surface area (Å²) in [5, 5.41) is 20.4. The predicted octanol–water partition coefficient (Wildman–Crippen LogP) is 4.90. The average Bonchev–Trinajstić information content (AvgIpc) is 3.17. The zero-order valence-corrected chi connectivity index (χ0v) is 20.3. The standard InChI is InChI=1S/C29H24N2O6/c1-3-15-36-23-13-9-20(10-14-23)27(33)25-26(21-5-4-6-24(16-21)37-18(2)32)31(29(35)28(25)34)22-11-7-19(17-30)8-12-22/h4-14,16,26,33H,3,15H2,1-2H3/b27-25-. The molecular weight excluding hydrogens is 472 g/mol. The summed E-state index contributed by atoms with van der Waals surface area (Å²) in [5.41, 5.74) is 1.43. The molecule has 1 unspecified atom stereocenters. The van der Waals surface area contributed by atoms with E-state index in [1.54, 1.807) is 60.7 Å². The lowest BCUT2D eigenvalue weighted by Gasteiger charge is -2.25. The second-order valence-electron chi connectivity index (χ2n) is 8.37. The van der Waals surface area contributed by atoms with Crippen molar-refractivity contribution in [2.24, 2.45) is 0 Å². The van der Waals surface area contributed by atoms with Crippen LogP contribution in [0.4, 0.5) is 5.69 Å². The number of esters is 1. The van der Waals surface area contributed by atoms with Gasteiger partial charge >= 0.3 is 5.97 Å². The topological polar surface area (TPSA) is 117 Å². The number of carbonyl (C=O) groups is 3. The normalized spacial score (nSPS) is 16.4. The Morgan fingerprint density at radius 1 is 1.03 bits per heavy atom. The van der Waals surface area contributed by atoms with Crippen molar-refractivity contribution in [3.05, 3.63) is 95.1 Å². The van der Waals surface area contributed by atoms with Gasteiger partial charge < -0.3 is 14.6 Å². The van der Waals surface area contributed by atoms with Gasteiger partial charge in [-0.3, -0.25) is 19.3 Å². The van der Waals surface area contributed by atoms with Crippen LogP contribution in [0, 0.1) is 11.3 Å². The summed E-state index contributed by atoms with van der Waals surface area (Å²) in [6.45, 7) is 3.80. The Balaban J connectivity index is 1.86. The number of anilines is 1. The quantitative estimate of drug-likeness (QED) is 0.163. The van der Waals surface area contributed by atoms with Crippen molar-refractivity contribution in [1.29, 1.82) is 5.26 Å². The number of Topliss-reactive ketones (excluding diaryl/α,β-unsaturated/α-hetero) is 1. The summed E-state index contributed by atoms with van der Waals surface area (Å²) in [7, 11) is 0. The lowest BCUT2D eigenvalue weighted by atomic mass is 9.95. The Morgan fingerprint density at radius 2 is 1.73 bits per heavy atom. The van der Waals surface area contributed by atoms with Crippen molar-refractivity contribution < 1.29 is 29.0 Å². The van der Waals surface area contributed by atoms with Gasteiger partial charge in [0.15, 0.2) is 0 Å². The summed E-state index contributed by atoms with van der Waals surface area (Å²) in [6.07, 6.45) is 0.840. The molecule has 4 rings (SSSR count). The van der Waals surface area contributed by atoms with Crippen molar-refractivity contribution in [3.8, 4) is 17.6 Å². The van der Waals surface area contributed by atoms with Gasteiger partial charge in [-0.25, -0.2) is 0 Å². The van der Waals surface area contributed by atoms with E-state index in [0.717, 1.165) is 6.42 Å². The van der Waals surface area contributed by atoms with Gasteiger partial charge in [0.05, 0.1) is 29.9 Å². The van der Waals surface area contributed by atoms with Crippen LogP contribution < -0.4 is 14.4 Å². The number of hydrogen-bond acceptors (Lipinski definition) is 7. The second-order valence-corrected chi connectivity index (χ2v) is 8.37.